The summed E-state index contributed by atoms with van der Waals surface area (Å²) in [5.41, 5.74) is 5.43. The van der Waals surface area contributed by atoms with Crippen LogP contribution in [0, 0.1) is 5.82 Å². The van der Waals surface area contributed by atoms with Crippen LogP contribution < -0.4 is 15.4 Å². The number of halogens is 1. The second-order valence-corrected chi connectivity index (χ2v) is 10.6. The second kappa shape index (κ2) is 9.99. The lowest BCUT2D eigenvalue weighted by atomic mass is 9.99. The fourth-order valence-electron chi connectivity index (χ4n) is 3.88. The van der Waals surface area contributed by atoms with Crippen LogP contribution in [0.3, 0.4) is 0 Å². The van der Waals surface area contributed by atoms with Crippen LogP contribution >= 0.6 is 0 Å². The summed E-state index contributed by atoms with van der Waals surface area (Å²) in [5, 5.41) is 6.12. The second-order valence-electron chi connectivity index (χ2n) is 8.74. The van der Waals surface area contributed by atoms with E-state index >= 15 is 0 Å². The number of nitrogens with one attached hydrogen (secondary N) is 3. The first-order chi connectivity index (χ1) is 16.6. The van der Waals surface area contributed by atoms with Crippen LogP contribution in [0.5, 0.6) is 0 Å². The highest BCUT2D eigenvalue weighted by atomic mass is 32.2. The lowest BCUT2D eigenvalue weighted by Crippen LogP contribution is -2.21. The zero-order valence-electron chi connectivity index (χ0n) is 19.7. The first kappa shape index (κ1) is 24.6. The summed E-state index contributed by atoms with van der Waals surface area (Å²) in [5.74, 6) is -0.765. The van der Waals surface area contributed by atoms with Gasteiger partial charge in [0.1, 0.15) is 5.82 Å². The molecule has 0 atom stereocenters. The third kappa shape index (κ3) is 6.13. The smallest absolute Gasteiger partial charge is 0.258 e. The molecule has 0 bridgehead atoms. The van der Waals surface area contributed by atoms with Gasteiger partial charge in [0.25, 0.3) is 5.91 Å². The van der Waals surface area contributed by atoms with Crippen molar-refractivity contribution in [2.45, 2.75) is 13.1 Å². The Balaban J connectivity index is 1.74. The van der Waals surface area contributed by atoms with Gasteiger partial charge in [-0.3, -0.25) is 4.79 Å². The van der Waals surface area contributed by atoms with E-state index < -0.39 is 15.8 Å². The van der Waals surface area contributed by atoms with Crippen LogP contribution in [0.25, 0.3) is 11.3 Å². The quantitative estimate of drug-likeness (QED) is 0.414. The molecule has 0 fully saturated rings. The summed E-state index contributed by atoms with van der Waals surface area (Å²) in [7, 11) is 0.689. The number of fused-ring (bicyclic) bond motifs is 1. The number of benzene rings is 3. The summed E-state index contributed by atoms with van der Waals surface area (Å²) >= 11 is 0. The van der Waals surface area contributed by atoms with Crippen molar-refractivity contribution in [3.8, 4) is 0 Å². The molecule has 0 aliphatic carbocycles. The fraction of sp³-hybridized carbons (Fsp3) is 0.192. The minimum absolute atomic E-state index is 0.161. The van der Waals surface area contributed by atoms with Crippen molar-refractivity contribution in [1.82, 2.24) is 9.62 Å². The predicted octanol–water partition coefficient (Wildman–Crippen LogP) is 3.87. The molecule has 0 radical (unpaired) electrons. The molecule has 3 N–H and O–H groups in total. The summed E-state index contributed by atoms with van der Waals surface area (Å²) in [6, 6.07) is 19.4. The monoisotopic (exact) mass is 494 g/mol. The highest BCUT2D eigenvalue weighted by Crippen LogP contribution is 2.38. The molecule has 1 amide bonds. The standard InChI is InChI=1S/C26H27FN4O3S/c1-31(2)16-18-6-11-21(12-7-18)29-25(19-8-4-17(5-9-19)15-28-35(3,33)34)24-22-13-10-20(27)14-23(22)30-26(24)32/h4-14,28-29H,15-16H2,1-3H3,(H,30,32)/b25-24-. The fourth-order valence-corrected chi connectivity index (χ4v) is 4.31. The molecule has 0 saturated carbocycles. The molecular formula is C26H27FN4O3S. The van der Waals surface area contributed by atoms with Crippen LogP contribution in [-0.4, -0.2) is 39.6 Å². The predicted molar refractivity (Wildman–Crippen MR) is 137 cm³/mol. The zero-order valence-corrected chi connectivity index (χ0v) is 20.5. The van der Waals surface area contributed by atoms with E-state index in [2.05, 4.69) is 20.3 Å². The minimum atomic E-state index is -3.32. The molecule has 0 saturated heterocycles. The van der Waals surface area contributed by atoms with E-state index in [9.17, 15) is 17.6 Å². The molecule has 0 spiro atoms. The number of carbonyl (C=O) groups is 1. The first-order valence-electron chi connectivity index (χ1n) is 11.0. The number of sulfonamides is 1. The normalized spacial score (nSPS) is 14.6. The lowest BCUT2D eigenvalue weighted by molar-refractivity contribution is -0.110. The van der Waals surface area contributed by atoms with Gasteiger partial charge in [0.2, 0.25) is 10.0 Å². The number of hydrogen-bond donors (Lipinski definition) is 3. The van der Waals surface area contributed by atoms with E-state index in [0.717, 1.165) is 35.2 Å². The number of amides is 1. The summed E-state index contributed by atoms with van der Waals surface area (Å²) in [6.07, 6.45) is 1.11. The Morgan fingerprint density at radius 1 is 0.971 bits per heavy atom. The molecule has 1 aliphatic rings. The Morgan fingerprint density at radius 3 is 2.26 bits per heavy atom. The largest absolute Gasteiger partial charge is 0.354 e. The van der Waals surface area contributed by atoms with Crippen molar-refractivity contribution in [3.63, 3.8) is 0 Å². The Kier molecular flexibility index (Phi) is 7.02. The molecule has 9 heteroatoms. The first-order valence-corrected chi connectivity index (χ1v) is 12.9. The molecule has 7 nitrogen and oxygen atoms in total. The van der Waals surface area contributed by atoms with Crippen molar-refractivity contribution in [2.75, 3.05) is 31.0 Å². The van der Waals surface area contributed by atoms with Gasteiger partial charge in [-0.05, 0) is 61.1 Å². The maximum Gasteiger partial charge on any atom is 0.258 e. The number of anilines is 2. The third-order valence-electron chi connectivity index (χ3n) is 5.48. The molecule has 1 heterocycles. The van der Waals surface area contributed by atoms with Crippen molar-refractivity contribution in [1.29, 1.82) is 0 Å². The average molecular weight is 495 g/mol. The van der Waals surface area contributed by atoms with Crippen molar-refractivity contribution in [2.24, 2.45) is 0 Å². The number of rotatable bonds is 8. The van der Waals surface area contributed by atoms with Crippen molar-refractivity contribution >= 4 is 38.6 Å². The molecule has 35 heavy (non-hydrogen) atoms. The Bertz CT molecular complexity index is 1380. The molecule has 182 valence electrons. The van der Waals surface area contributed by atoms with E-state index in [-0.39, 0.29) is 12.5 Å². The maximum atomic E-state index is 13.8. The van der Waals surface area contributed by atoms with Crippen molar-refractivity contribution in [3.05, 3.63) is 94.8 Å². The van der Waals surface area contributed by atoms with Gasteiger partial charge in [-0.1, -0.05) is 36.4 Å². The van der Waals surface area contributed by atoms with Gasteiger partial charge < -0.3 is 15.5 Å². The molecule has 4 rings (SSSR count). The molecule has 3 aromatic carbocycles. The van der Waals surface area contributed by atoms with Crippen LogP contribution in [0.2, 0.25) is 0 Å². The average Bonchev–Trinajstić information content (AvgIpc) is 3.11. The van der Waals surface area contributed by atoms with E-state index in [1.54, 1.807) is 18.2 Å². The van der Waals surface area contributed by atoms with E-state index in [1.807, 2.05) is 50.5 Å². The number of hydrogen-bond acceptors (Lipinski definition) is 5. The lowest BCUT2D eigenvalue weighted by Gasteiger charge is -2.16. The van der Waals surface area contributed by atoms with E-state index in [1.165, 1.54) is 12.1 Å². The van der Waals surface area contributed by atoms with Gasteiger partial charge in [0.05, 0.1) is 23.2 Å². The van der Waals surface area contributed by atoms with Gasteiger partial charge >= 0.3 is 0 Å². The van der Waals surface area contributed by atoms with Gasteiger partial charge in [0.15, 0.2) is 0 Å². The highest BCUT2D eigenvalue weighted by molar-refractivity contribution is 7.88. The van der Waals surface area contributed by atoms with Gasteiger partial charge in [-0.25, -0.2) is 17.5 Å². The van der Waals surface area contributed by atoms with Gasteiger partial charge in [-0.15, -0.1) is 0 Å². The number of nitrogens with zero attached hydrogens (tertiary/aromatic N) is 1. The summed E-state index contributed by atoms with van der Waals surface area (Å²) < 4.78 is 39.1. The number of carbonyl (C=O) groups excluding carboxylic acids is 1. The molecule has 1 aliphatic heterocycles. The molecule has 0 aromatic heterocycles. The van der Waals surface area contributed by atoms with E-state index in [0.29, 0.717) is 22.5 Å². The van der Waals surface area contributed by atoms with E-state index in [4.69, 9.17) is 0 Å². The van der Waals surface area contributed by atoms with Crippen LogP contribution in [0.4, 0.5) is 15.8 Å². The minimum Gasteiger partial charge on any atom is -0.354 e. The van der Waals surface area contributed by atoms with Crippen LogP contribution in [-0.2, 0) is 27.9 Å². The third-order valence-corrected chi connectivity index (χ3v) is 6.15. The maximum absolute atomic E-state index is 13.8. The Morgan fingerprint density at radius 2 is 1.63 bits per heavy atom. The SMILES string of the molecule is CN(C)Cc1ccc(N/C(=C2\C(=O)Nc3cc(F)ccc32)c2ccc(CNS(C)(=O)=O)cc2)cc1. The Labute approximate surface area is 204 Å². The zero-order chi connectivity index (χ0) is 25.2. The Hall–Kier alpha value is -3.53. The molecule has 3 aromatic rings. The van der Waals surface area contributed by atoms with Crippen LogP contribution in [0.1, 0.15) is 22.3 Å². The van der Waals surface area contributed by atoms with Crippen LogP contribution in [0.15, 0.2) is 66.7 Å². The summed E-state index contributed by atoms with van der Waals surface area (Å²) in [4.78, 5) is 15.1. The topological polar surface area (TPSA) is 90.5 Å². The summed E-state index contributed by atoms with van der Waals surface area (Å²) in [6.45, 7) is 0.965. The van der Waals surface area contributed by atoms with Gasteiger partial charge in [-0.2, -0.15) is 0 Å². The molecular weight excluding hydrogens is 467 g/mol. The highest BCUT2D eigenvalue weighted by Gasteiger charge is 2.28. The van der Waals surface area contributed by atoms with Gasteiger partial charge in [0, 0.05) is 24.3 Å². The van der Waals surface area contributed by atoms with Crippen molar-refractivity contribution < 1.29 is 17.6 Å². The molecule has 0 unspecified atom stereocenters.